The second-order valence-electron chi connectivity index (χ2n) is 3.34. The molecule has 0 aliphatic heterocycles. The van der Waals surface area contributed by atoms with Crippen LogP contribution in [0.2, 0.25) is 5.02 Å². The van der Waals surface area contributed by atoms with E-state index in [1.807, 2.05) is 0 Å². The Kier molecular flexibility index (Phi) is 5.14. The summed E-state index contributed by atoms with van der Waals surface area (Å²) in [5.41, 5.74) is 0. The van der Waals surface area contributed by atoms with Crippen LogP contribution >= 0.6 is 11.6 Å². The van der Waals surface area contributed by atoms with E-state index in [0.717, 1.165) is 0 Å². The number of aromatic hydroxyl groups is 3. The molecule has 0 aromatic heterocycles. The summed E-state index contributed by atoms with van der Waals surface area (Å²) >= 11 is 5.42. The smallest absolute Gasteiger partial charge is 0.137 e. The SMILES string of the molecule is COc1cccc(O)c1.Oc1ccc(Cl)c(O)c1. The van der Waals surface area contributed by atoms with Crippen molar-refractivity contribution in [2.24, 2.45) is 0 Å². The maximum atomic E-state index is 8.86. The van der Waals surface area contributed by atoms with Gasteiger partial charge in [-0.15, -0.1) is 0 Å². The summed E-state index contributed by atoms with van der Waals surface area (Å²) in [7, 11) is 1.56. The molecule has 0 unspecified atom stereocenters. The van der Waals surface area contributed by atoms with Crippen LogP contribution in [-0.2, 0) is 0 Å². The summed E-state index contributed by atoms with van der Waals surface area (Å²) in [5.74, 6) is 0.818. The van der Waals surface area contributed by atoms with Gasteiger partial charge in [0, 0.05) is 12.1 Å². The first-order valence-corrected chi connectivity index (χ1v) is 5.41. The van der Waals surface area contributed by atoms with E-state index in [0.29, 0.717) is 5.75 Å². The van der Waals surface area contributed by atoms with E-state index in [2.05, 4.69) is 0 Å². The van der Waals surface area contributed by atoms with Crippen molar-refractivity contribution in [2.45, 2.75) is 0 Å². The minimum atomic E-state index is -0.100. The summed E-state index contributed by atoms with van der Waals surface area (Å²) in [4.78, 5) is 0. The van der Waals surface area contributed by atoms with Crippen LogP contribution in [0.5, 0.6) is 23.0 Å². The summed E-state index contributed by atoms with van der Waals surface area (Å²) in [6.07, 6.45) is 0. The predicted molar refractivity (Wildman–Crippen MR) is 69.4 cm³/mol. The van der Waals surface area contributed by atoms with Crippen molar-refractivity contribution in [1.82, 2.24) is 0 Å². The molecule has 0 heterocycles. The fourth-order valence-electron chi connectivity index (χ4n) is 1.11. The fraction of sp³-hybridized carbons (Fsp3) is 0.0769. The molecule has 3 N–H and O–H groups in total. The van der Waals surface area contributed by atoms with E-state index in [1.54, 1.807) is 31.4 Å². The average Bonchev–Trinajstić information content (AvgIpc) is 2.35. The lowest BCUT2D eigenvalue weighted by molar-refractivity contribution is 0.407. The summed E-state index contributed by atoms with van der Waals surface area (Å²) in [5, 5.41) is 26.6. The number of rotatable bonds is 1. The highest BCUT2D eigenvalue weighted by atomic mass is 35.5. The maximum Gasteiger partial charge on any atom is 0.137 e. The fourth-order valence-corrected chi connectivity index (χ4v) is 1.23. The lowest BCUT2D eigenvalue weighted by Crippen LogP contribution is -1.79. The van der Waals surface area contributed by atoms with Gasteiger partial charge in [0.15, 0.2) is 0 Å². The summed E-state index contributed by atoms with van der Waals surface area (Å²) in [6.45, 7) is 0. The minimum Gasteiger partial charge on any atom is -0.508 e. The molecule has 2 aromatic rings. The Morgan fingerprint density at radius 1 is 0.944 bits per heavy atom. The van der Waals surface area contributed by atoms with E-state index >= 15 is 0 Å². The normalized spacial score (nSPS) is 9.22. The third kappa shape index (κ3) is 4.43. The number of hydrogen-bond donors (Lipinski definition) is 3. The zero-order chi connectivity index (χ0) is 13.5. The zero-order valence-electron chi connectivity index (χ0n) is 9.67. The second kappa shape index (κ2) is 6.61. The van der Waals surface area contributed by atoms with E-state index < -0.39 is 0 Å². The molecule has 0 atom stereocenters. The van der Waals surface area contributed by atoms with Gasteiger partial charge in [-0.05, 0) is 24.3 Å². The molecule has 0 aliphatic rings. The Labute approximate surface area is 110 Å². The molecule has 0 saturated carbocycles. The van der Waals surface area contributed by atoms with E-state index in [-0.39, 0.29) is 22.3 Å². The predicted octanol–water partition coefficient (Wildman–Crippen LogP) is 3.15. The van der Waals surface area contributed by atoms with Gasteiger partial charge in [-0.2, -0.15) is 0 Å². The average molecular weight is 269 g/mol. The Hall–Kier alpha value is -2.07. The van der Waals surface area contributed by atoms with Crippen molar-refractivity contribution in [2.75, 3.05) is 7.11 Å². The molecule has 0 spiro atoms. The number of phenols is 3. The molecular formula is C13H13ClO4. The van der Waals surface area contributed by atoms with Gasteiger partial charge in [-0.3, -0.25) is 0 Å². The molecule has 0 aliphatic carbocycles. The van der Waals surface area contributed by atoms with Gasteiger partial charge in [-0.1, -0.05) is 17.7 Å². The zero-order valence-corrected chi connectivity index (χ0v) is 10.4. The van der Waals surface area contributed by atoms with Gasteiger partial charge in [0.25, 0.3) is 0 Å². The largest absolute Gasteiger partial charge is 0.508 e. The summed E-state index contributed by atoms with van der Waals surface area (Å²) in [6, 6.07) is 10.7. The van der Waals surface area contributed by atoms with Crippen LogP contribution in [-0.4, -0.2) is 22.4 Å². The first kappa shape index (κ1) is 14.0. The molecular weight excluding hydrogens is 256 g/mol. The van der Waals surface area contributed by atoms with Gasteiger partial charge in [0.1, 0.15) is 23.0 Å². The topological polar surface area (TPSA) is 69.9 Å². The van der Waals surface area contributed by atoms with E-state index in [9.17, 15) is 0 Å². The molecule has 0 fully saturated rings. The lowest BCUT2D eigenvalue weighted by Gasteiger charge is -1.97. The van der Waals surface area contributed by atoms with Crippen LogP contribution < -0.4 is 4.74 Å². The number of ether oxygens (including phenoxy) is 1. The third-order valence-electron chi connectivity index (χ3n) is 1.98. The van der Waals surface area contributed by atoms with Crippen LogP contribution in [0, 0.1) is 0 Å². The van der Waals surface area contributed by atoms with Crippen molar-refractivity contribution in [3.8, 4) is 23.0 Å². The number of halogens is 1. The Morgan fingerprint density at radius 3 is 2.06 bits per heavy atom. The van der Waals surface area contributed by atoms with E-state index in [1.165, 1.54) is 18.2 Å². The van der Waals surface area contributed by atoms with Gasteiger partial charge < -0.3 is 20.1 Å². The first-order chi connectivity index (χ1) is 8.52. The highest BCUT2D eigenvalue weighted by Crippen LogP contribution is 2.26. The van der Waals surface area contributed by atoms with Crippen molar-refractivity contribution in [3.63, 3.8) is 0 Å². The van der Waals surface area contributed by atoms with Crippen LogP contribution in [0.4, 0.5) is 0 Å². The molecule has 4 nitrogen and oxygen atoms in total. The Balaban J connectivity index is 0.000000180. The molecule has 2 rings (SSSR count). The van der Waals surface area contributed by atoms with Gasteiger partial charge in [-0.25, -0.2) is 0 Å². The first-order valence-electron chi connectivity index (χ1n) is 5.03. The standard InChI is InChI=1S/C7H8O2.C6H5ClO2/c1-9-7-4-2-3-6(8)5-7;7-5-2-1-4(8)3-6(5)9/h2-5,8H,1H3;1-3,8-9H. The second-order valence-corrected chi connectivity index (χ2v) is 3.74. The maximum absolute atomic E-state index is 8.86. The Bertz CT molecular complexity index is 514. The lowest BCUT2D eigenvalue weighted by atomic mass is 10.3. The Morgan fingerprint density at radius 2 is 1.61 bits per heavy atom. The number of hydrogen-bond acceptors (Lipinski definition) is 4. The third-order valence-corrected chi connectivity index (χ3v) is 2.30. The molecule has 0 bridgehead atoms. The molecule has 18 heavy (non-hydrogen) atoms. The van der Waals surface area contributed by atoms with Crippen LogP contribution in [0.1, 0.15) is 0 Å². The van der Waals surface area contributed by atoms with Crippen molar-refractivity contribution < 1.29 is 20.1 Å². The number of benzene rings is 2. The van der Waals surface area contributed by atoms with Gasteiger partial charge in [0.2, 0.25) is 0 Å². The molecule has 0 radical (unpaired) electrons. The van der Waals surface area contributed by atoms with E-state index in [4.69, 9.17) is 31.7 Å². The van der Waals surface area contributed by atoms with Crippen LogP contribution in [0.25, 0.3) is 0 Å². The molecule has 2 aromatic carbocycles. The highest BCUT2D eigenvalue weighted by Gasteiger charge is 1.96. The van der Waals surface area contributed by atoms with Crippen molar-refractivity contribution >= 4 is 11.6 Å². The number of phenolic OH excluding ortho intramolecular Hbond substituents is 3. The van der Waals surface area contributed by atoms with Crippen LogP contribution in [0.15, 0.2) is 42.5 Å². The molecule has 0 amide bonds. The molecule has 5 heteroatoms. The number of methoxy groups -OCH3 is 1. The van der Waals surface area contributed by atoms with Gasteiger partial charge >= 0.3 is 0 Å². The highest BCUT2D eigenvalue weighted by molar-refractivity contribution is 6.32. The summed E-state index contributed by atoms with van der Waals surface area (Å²) < 4.78 is 4.84. The molecule has 96 valence electrons. The minimum absolute atomic E-state index is 0.0110. The quantitative estimate of drug-likeness (QED) is 0.743. The monoisotopic (exact) mass is 268 g/mol. The van der Waals surface area contributed by atoms with Crippen molar-refractivity contribution in [3.05, 3.63) is 47.5 Å². The van der Waals surface area contributed by atoms with Gasteiger partial charge in [0.05, 0.1) is 12.1 Å². The van der Waals surface area contributed by atoms with Crippen LogP contribution in [0.3, 0.4) is 0 Å². The molecule has 0 saturated heterocycles. The van der Waals surface area contributed by atoms with Crippen molar-refractivity contribution in [1.29, 1.82) is 0 Å².